The van der Waals surface area contributed by atoms with Crippen molar-refractivity contribution in [3.63, 3.8) is 0 Å². The van der Waals surface area contributed by atoms with Crippen molar-refractivity contribution in [2.45, 2.75) is 6.61 Å². The standard InChI is InChI=1S/C20H14BrClN2O6/c21-10-3-6-13(30-8-9-1-4-11(22)5-2-9)12(7-10)14-15(19(26)27)17(23)24-18(25)16(14)20(28)29/h1-7H,8H2,(H,26,27)(H,28,29)(H3,23,24,25). The number of pyridine rings is 1. The fourth-order valence-electron chi connectivity index (χ4n) is 2.88. The maximum atomic E-state index is 12.3. The van der Waals surface area contributed by atoms with Gasteiger partial charge in [0.25, 0.3) is 5.56 Å². The van der Waals surface area contributed by atoms with Crippen LogP contribution in [0.4, 0.5) is 5.82 Å². The number of ether oxygens (including phenoxy) is 1. The van der Waals surface area contributed by atoms with E-state index in [9.17, 15) is 24.6 Å². The molecule has 3 rings (SSSR count). The number of benzene rings is 2. The van der Waals surface area contributed by atoms with E-state index in [1.807, 2.05) is 0 Å². The molecule has 0 saturated heterocycles. The fourth-order valence-corrected chi connectivity index (χ4v) is 3.37. The van der Waals surface area contributed by atoms with Gasteiger partial charge in [0, 0.05) is 20.6 Å². The zero-order chi connectivity index (χ0) is 22.0. The fraction of sp³-hybridized carbons (Fsp3) is 0.0500. The molecular weight excluding hydrogens is 480 g/mol. The topological polar surface area (TPSA) is 143 Å². The Morgan fingerprint density at radius 2 is 1.70 bits per heavy atom. The lowest BCUT2D eigenvalue weighted by Gasteiger charge is -2.16. The van der Waals surface area contributed by atoms with Crippen LogP contribution in [0.2, 0.25) is 5.02 Å². The van der Waals surface area contributed by atoms with Crippen molar-refractivity contribution < 1.29 is 24.5 Å². The number of nitrogen functional groups attached to an aromatic ring is 1. The molecule has 0 amide bonds. The van der Waals surface area contributed by atoms with Crippen molar-refractivity contribution in [1.29, 1.82) is 0 Å². The van der Waals surface area contributed by atoms with E-state index in [4.69, 9.17) is 22.1 Å². The van der Waals surface area contributed by atoms with Crippen molar-refractivity contribution >= 4 is 45.3 Å². The smallest absolute Gasteiger partial charge is 0.342 e. The molecule has 0 fully saturated rings. The number of carboxylic acids is 2. The minimum absolute atomic E-state index is 0.0888. The summed E-state index contributed by atoms with van der Waals surface area (Å²) < 4.78 is 6.34. The first kappa shape index (κ1) is 21.4. The molecule has 2 aromatic carbocycles. The number of H-pyrrole nitrogens is 1. The highest BCUT2D eigenvalue weighted by molar-refractivity contribution is 9.10. The van der Waals surface area contributed by atoms with E-state index < -0.39 is 34.4 Å². The zero-order valence-corrected chi connectivity index (χ0v) is 17.5. The quantitative estimate of drug-likeness (QED) is 0.406. The highest BCUT2D eigenvalue weighted by atomic mass is 79.9. The minimum Gasteiger partial charge on any atom is -0.488 e. The third-order valence-electron chi connectivity index (χ3n) is 4.19. The van der Waals surface area contributed by atoms with Crippen LogP contribution in [0, 0.1) is 0 Å². The van der Waals surface area contributed by atoms with E-state index in [2.05, 4.69) is 20.9 Å². The van der Waals surface area contributed by atoms with Gasteiger partial charge in [-0.25, -0.2) is 9.59 Å². The van der Waals surface area contributed by atoms with Crippen LogP contribution in [-0.2, 0) is 6.61 Å². The number of hydrogen-bond donors (Lipinski definition) is 4. The van der Waals surface area contributed by atoms with Gasteiger partial charge in [-0.2, -0.15) is 0 Å². The van der Waals surface area contributed by atoms with Gasteiger partial charge >= 0.3 is 11.9 Å². The summed E-state index contributed by atoms with van der Waals surface area (Å²) in [7, 11) is 0. The molecule has 0 atom stereocenters. The first-order valence-corrected chi connectivity index (χ1v) is 9.55. The van der Waals surface area contributed by atoms with Crippen LogP contribution >= 0.6 is 27.5 Å². The molecule has 0 radical (unpaired) electrons. The lowest BCUT2D eigenvalue weighted by molar-refractivity contribution is 0.0695. The Labute approximate surface area is 183 Å². The zero-order valence-electron chi connectivity index (χ0n) is 15.1. The van der Waals surface area contributed by atoms with E-state index >= 15 is 0 Å². The van der Waals surface area contributed by atoms with Gasteiger partial charge in [-0.15, -0.1) is 0 Å². The van der Waals surface area contributed by atoms with Gasteiger partial charge in [-0.3, -0.25) is 4.79 Å². The maximum absolute atomic E-state index is 12.3. The maximum Gasteiger partial charge on any atom is 0.342 e. The first-order valence-electron chi connectivity index (χ1n) is 8.38. The van der Waals surface area contributed by atoms with Crippen molar-refractivity contribution in [3.05, 3.63) is 79.0 Å². The van der Waals surface area contributed by atoms with Crippen molar-refractivity contribution in [1.82, 2.24) is 4.98 Å². The molecule has 1 aromatic heterocycles. The molecule has 10 heteroatoms. The second-order valence-electron chi connectivity index (χ2n) is 6.16. The normalized spacial score (nSPS) is 10.6. The lowest BCUT2D eigenvalue weighted by atomic mass is 9.94. The van der Waals surface area contributed by atoms with E-state index in [0.29, 0.717) is 9.50 Å². The number of halogens is 2. The number of rotatable bonds is 6. The molecule has 0 aliphatic rings. The Bertz CT molecular complexity index is 1210. The Hall–Kier alpha value is -3.30. The first-order chi connectivity index (χ1) is 14.2. The Kier molecular flexibility index (Phi) is 6.14. The number of nitrogens with two attached hydrogens (primary N) is 1. The van der Waals surface area contributed by atoms with Crippen LogP contribution in [0.5, 0.6) is 5.75 Å². The number of anilines is 1. The van der Waals surface area contributed by atoms with Gasteiger partial charge in [0.2, 0.25) is 0 Å². The summed E-state index contributed by atoms with van der Waals surface area (Å²) in [5.74, 6) is -3.39. The van der Waals surface area contributed by atoms with Crippen LogP contribution in [0.25, 0.3) is 11.1 Å². The number of aromatic nitrogens is 1. The molecule has 0 spiro atoms. The summed E-state index contributed by atoms with van der Waals surface area (Å²) in [5, 5.41) is 19.8. The molecule has 30 heavy (non-hydrogen) atoms. The van der Waals surface area contributed by atoms with E-state index in [1.165, 1.54) is 12.1 Å². The van der Waals surface area contributed by atoms with Crippen LogP contribution in [0.3, 0.4) is 0 Å². The second kappa shape index (κ2) is 8.60. The number of carboxylic acid groups (broad SMARTS) is 2. The number of aromatic carboxylic acids is 2. The largest absolute Gasteiger partial charge is 0.488 e. The summed E-state index contributed by atoms with van der Waals surface area (Å²) in [6.45, 7) is 0.0925. The molecule has 1 heterocycles. The third-order valence-corrected chi connectivity index (χ3v) is 4.94. The second-order valence-corrected chi connectivity index (χ2v) is 7.51. The highest BCUT2D eigenvalue weighted by Crippen LogP contribution is 2.38. The van der Waals surface area contributed by atoms with Crippen molar-refractivity contribution in [2.24, 2.45) is 0 Å². The van der Waals surface area contributed by atoms with Gasteiger partial charge in [-0.05, 0) is 35.9 Å². The minimum atomic E-state index is -1.60. The highest BCUT2D eigenvalue weighted by Gasteiger charge is 2.28. The SMILES string of the molecule is Nc1[nH]c(=O)c(C(=O)O)c(-c2cc(Br)ccc2OCc2ccc(Cl)cc2)c1C(=O)O. The average Bonchev–Trinajstić information content (AvgIpc) is 2.66. The number of nitrogens with one attached hydrogen (secondary N) is 1. The van der Waals surface area contributed by atoms with Gasteiger partial charge in [0.1, 0.15) is 29.3 Å². The third kappa shape index (κ3) is 4.32. The molecule has 0 unspecified atom stereocenters. The molecule has 8 nitrogen and oxygen atoms in total. The van der Waals surface area contributed by atoms with Gasteiger partial charge in [0.05, 0.1) is 0 Å². The lowest BCUT2D eigenvalue weighted by Crippen LogP contribution is -2.24. The summed E-state index contributed by atoms with van der Waals surface area (Å²) in [6.07, 6.45) is 0. The predicted octanol–water partition coefficient (Wildman–Crippen LogP) is 4.02. The molecular formula is C20H14BrClN2O6. The molecule has 5 N–H and O–H groups in total. The van der Waals surface area contributed by atoms with Gasteiger partial charge in [-0.1, -0.05) is 39.7 Å². The number of carbonyl (C=O) groups is 2. The number of aromatic amines is 1. The Balaban J connectivity index is 2.21. The van der Waals surface area contributed by atoms with Crippen LogP contribution in [-0.4, -0.2) is 27.1 Å². The van der Waals surface area contributed by atoms with Crippen LogP contribution in [0.15, 0.2) is 51.7 Å². The average molecular weight is 494 g/mol. The van der Waals surface area contributed by atoms with E-state index in [1.54, 1.807) is 30.3 Å². The van der Waals surface area contributed by atoms with Crippen molar-refractivity contribution in [2.75, 3.05) is 5.73 Å². The summed E-state index contributed by atoms with van der Waals surface area (Å²) in [5.41, 5.74) is 3.90. The summed E-state index contributed by atoms with van der Waals surface area (Å²) >= 11 is 9.15. The van der Waals surface area contributed by atoms with E-state index in [-0.39, 0.29) is 23.5 Å². The molecule has 0 saturated carbocycles. The van der Waals surface area contributed by atoms with Crippen LogP contribution in [0.1, 0.15) is 26.3 Å². The Morgan fingerprint density at radius 3 is 2.30 bits per heavy atom. The molecule has 3 aromatic rings. The van der Waals surface area contributed by atoms with Gasteiger partial charge < -0.3 is 25.7 Å². The van der Waals surface area contributed by atoms with E-state index in [0.717, 1.165) is 5.56 Å². The van der Waals surface area contributed by atoms with Gasteiger partial charge in [0.15, 0.2) is 0 Å². The monoisotopic (exact) mass is 492 g/mol. The number of hydrogen-bond acceptors (Lipinski definition) is 5. The van der Waals surface area contributed by atoms with Crippen molar-refractivity contribution in [3.8, 4) is 16.9 Å². The molecule has 0 bridgehead atoms. The van der Waals surface area contributed by atoms with Crippen LogP contribution < -0.4 is 16.0 Å². The predicted molar refractivity (Wildman–Crippen MR) is 114 cm³/mol. The molecule has 154 valence electrons. The molecule has 0 aliphatic carbocycles. The summed E-state index contributed by atoms with van der Waals surface area (Å²) in [4.78, 5) is 38.0. The Morgan fingerprint density at radius 1 is 1.07 bits per heavy atom. The molecule has 0 aliphatic heterocycles. The summed E-state index contributed by atoms with van der Waals surface area (Å²) in [6, 6.07) is 11.5.